The summed E-state index contributed by atoms with van der Waals surface area (Å²) < 4.78 is 15.5. The Balaban J connectivity index is 1.79. The van der Waals surface area contributed by atoms with Crippen molar-refractivity contribution in [2.24, 2.45) is 0 Å². The molecule has 1 saturated heterocycles. The van der Waals surface area contributed by atoms with E-state index < -0.39 is 0 Å². The number of pyridine rings is 1. The second-order valence-corrected chi connectivity index (χ2v) is 6.37. The summed E-state index contributed by atoms with van der Waals surface area (Å²) in [6.07, 6.45) is 1.02. The first-order valence-electron chi connectivity index (χ1n) is 8.59. The lowest BCUT2D eigenvalue weighted by molar-refractivity contribution is 0.0599. The fourth-order valence-corrected chi connectivity index (χ4v) is 3.36. The van der Waals surface area contributed by atoms with Crippen molar-refractivity contribution in [1.29, 1.82) is 0 Å². The number of benzene rings is 1. The normalized spacial score (nSPS) is 16.5. The zero-order valence-corrected chi connectivity index (χ0v) is 15.6. The van der Waals surface area contributed by atoms with E-state index in [4.69, 9.17) is 14.2 Å². The van der Waals surface area contributed by atoms with Gasteiger partial charge in [0.15, 0.2) is 0 Å². The van der Waals surface area contributed by atoms with Crippen LogP contribution < -0.4 is 14.4 Å². The molecular formula is C20H24N2O4. The van der Waals surface area contributed by atoms with E-state index in [0.29, 0.717) is 17.2 Å². The third-order valence-electron chi connectivity index (χ3n) is 4.83. The fourth-order valence-electron chi connectivity index (χ4n) is 3.36. The lowest BCUT2D eigenvalue weighted by atomic mass is 9.98. The Kier molecular flexibility index (Phi) is 5.30. The van der Waals surface area contributed by atoms with Gasteiger partial charge < -0.3 is 19.1 Å². The van der Waals surface area contributed by atoms with E-state index in [0.717, 1.165) is 36.8 Å². The summed E-state index contributed by atoms with van der Waals surface area (Å²) in [5, 5.41) is 0. The van der Waals surface area contributed by atoms with Gasteiger partial charge in [0.1, 0.15) is 17.3 Å². The second kappa shape index (κ2) is 7.64. The molecule has 3 rings (SSSR count). The largest absolute Gasteiger partial charge is 0.497 e. The van der Waals surface area contributed by atoms with Gasteiger partial charge in [-0.3, -0.25) is 0 Å². The van der Waals surface area contributed by atoms with Crippen molar-refractivity contribution in [1.82, 2.24) is 4.98 Å². The van der Waals surface area contributed by atoms with Crippen LogP contribution in [0.1, 0.15) is 34.0 Å². The lowest BCUT2D eigenvalue weighted by Crippen LogP contribution is -2.21. The highest BCUT2D eigenvalue weighted by Gasteiger charge is 2.26. The standard InChI is InChI=1S/C20H24N2O4/c1-13-18(20(23)26-4)5-6-19(21-13)22-8-7-14(12-22)15-9-16(24-2)11-17(10-15)25-3/h5-6,9-11,14H,7-8,12H2,1-4H3. The molecule has 0 saturated carbocycles. The number of aromatic nitrogens is 1. The third kappa shape index (κ3) is 3.59. The summed E-state index contributed by atoms with van der Waals surface area (Å²) in [6, 6.07) is 9.68. The van der Waals surface area contributed by atoms with Gasteiger partial charge in [0.05, 0.1) is 32.6 Å². The van der Waals surface area contributed by atoms with Crippen LogP contribution in [0.15, 0.2) is 30.3 Å². The van der Waals surface area contributed by atoms with E-state index in [2.05, 4.69) is 22.0 Å². The Bertz CT molecular complexity index is 784. The molecular weight excluding hydrogens is 332 g/mol. The van der Waals surface area contributed by atoms with Crippen LogP contribution in [0.25, 0.3) is 0 Å². The van der Waals surface area contributed by atoms with Crippen molar-refractivity contribution in [3.8, 4) is 11.5 Å². The minimum Gasteiger partial charge on any atom is -0.497 e. The van der Waals surface area contributed by atoms with Crippen molar-refractivity contribution < 1.29 is 19.0 Å². The van der Waals surface area contributed by atoms with Gasteiger partial charge in [-0.2, -0.15) is 0 Å². The van der Waals surface area contributed by atoms with Crippen LogP contribution in [-0.4, -0.2) is 45.4 Å². The zero-order valence-electron chi connectivity index (χ0n) is 15.6. The molecule has 1 aliphatic rings. The number of carbonyl (C=O) groups excluding carboxylic acids is 1. The van der Waals surface area contributed by atoms with Crippen LogP contribution >= 0.6 is 0 Å². The molecule has 6 heteroatoms. The molecule has 0 aliphatic carbocycles. The predicted molar refractivity (Wildman–Crippen MR) is 99.4 cm³/mol. The van der Waals surface area contributed by atoms with Crippen molar-refractivity contribution in [3.05, 3.63) is 47.2 Å². The maximum atomic E-state index is 11.7. The first-order chi connectivity index (χ1) is 12.5. The zero-order chi connectivity index (χ0) is 18.7. The Morgan fingerprint density at radius 1 is 1.12 bits per heavy atom. The summed E-state index contributed by atoms with van der Waals surface area (Å²) in [4.78, 5) is 18.6. The molecule has 0 bridgehead atoms. The van der Waals surface area contributed by atoms with Crippen LogP contribution in [0.4, 0.5) is 5.82 Å². The minimum absolute atomic E-state index is 0.357. The minimum atomic E-state index is -0.357. The molecule has 26 heavy (non-hydrogen) atoms. The Labute approximate surface area is 153 Å². The van der Waals surface area contributed by atoms with Crippen molar-refractivity contribution >= 4 is 11.8 Å². The first-order valence-corrected chi connectivity index (χ1v) is 8.59. The van der Waals surface area contributed by atoms with E-state index in [1.54, 1.807) is 20.3 Å². The van der Waals surface area contributed by atoms with Crippen molar-refractivity contribution in [2.45, 2.75) is 19.3 Å². The fraction of sp³-hybridized carbons (Fsp3) is 0.400. The molecule has 0 amide bonds. The number of rotatable bonds is 5. The lowest BCUT2D eigenvalue weighted by Gasteiger charge is -2.19. The first kappa shape index (κ1) is 18.0. The molecule has 2 aromatic rings. The number of carbonyl (C=O) groups is 1. The van der Waals surface area contributed by atoms with Gasteiger partial charge in [0, 0.05) is 25.1 Å². The number of hydrogen-bond acceptors (Lipinski definition) is 6. The van der Waals surface area contributed by atoms with E-state index >= 15 is 0 Å². The van der Waals surface area contributed by atoms with Crippen LogP contribution in [0, 0.1) is 6.92 Å². The Morgan fingerprint density at radius 3 is 2.38 bits per heavy atom. The van der Waals surface area contributed by atoms with Crippen LogP contribution in [0.3, 0.4) is 0 Å². The molecule has 6 nitrogen and oxygen atoms in total. The van der Waals surface area contributed by atoms with E-state index in [-0.39, 0.29) is 5.97 Å². The Hall–Kier alpha value is -2.76. The quantitative estimate of drug-likeness (QED) is 0.767. The van der Waals surface area contributed by atoms with Crippen molar-refractivity contribution in [3.63, 3.8) is 0 Å². The van der Waals surface area contributed by atoms with Crippen molar-refractivity contribution in [2.75, 3.05) is 39.3 Å². The molecule has 0 N–H and O–H groups in total. The molecule has 1 fully saturated rings. The van der Waals surface area contributed by atoms with E-state index in [1.165, 1.54) is 12.7 Å². The Morgan fingerprint density at radius 2 is 1.81 bits per heavy atom. The molecule has 1 unspecified atom stereocenters. The van der Waals surface area contributed by atoms with Crippen LogP contribution in [-0.2, 0) is 4.74 Å². The highest BCUT2D eigenvalue weighted by atomic mass is 16.5. The summed E-state index contributed by atoms with van der Waals surface area (Å²) in [6.45, 7) is 3.60. The number of hydrogen-bond donors (Lipinski definition) is 0. The van der Waals surface area contributed by atoms with Gasteiger partial charge >= 0.3 is 5.97 Å². The number of ether oxygens (including phenoxy) is 3. The SMILES string of the molecule is COC(=O)c1ccc(N2CCC(c3cc(OC)cc(OC)c3)C2)nc1C. The molecule has 1 aliphatic heterocycles. The molecule has 1 atom stereocenters. The van der Waals surface area contributed by atoms with Gasteiger partial charge in [-0.05, 0) is 43.2 Å². The summed E-state index contributed by atoms with van der Waals surface area (Å²) in [7, 11) is 4.70. The maximum Gasteiger partial charge on any atom is 0.339 e. The number of esters is 1. The molecule has 1 aromatic carbocycles. The topological polar surface area (TPSA) is 60.9 Å². The average molecular weight is 356 g/mol. The highest BCUT2D eigenvalue weighted by molar-refractivity contribution is 5.90. The predicted octanol–water partition coefficient (Wildman–Crippen LogP) is 3.19. The molecule has 1 aromatic heterocycles. The third-order valence-corrected chi connectivity index (χ3v) is 4.83. The van der Waals surface area contributed by atoms with E-state index in [1.807, 2.05) is 19.1 Å². The molecule has 138 valence electrons. The summed E-state index contributed by atoms with van der Waals surface area (Å²) in [5.41, 5.74) is 2.39. The monoisotopic (exact) mass is 356 g/mol. The molecule has 2 heterocycles. The van der Waals surface area contributed by atoms with E-state index in [9.17, 15) is 4.79 Å². The van der Waals surface area contributed by atoms with Gasteiger partial charge in [0.2, 0.25) is 0 Å². The summed E-state index contributed by atoms with van der Waals surface area (Å²) >= 11 is 0. The maximum absolute atomic E-state index is 11.7. The number of nitrogens with zero attached hydrogens (tertiary/aromatic N) is 2. The highest BCUT2D eigenvalue weighted by Crippen LogP contribution is 2.34. The van der Waals surface area contributed by atoms with Crippen LogP contribution in [0.5, 0.6) is 11.5 Å². The van der Waals surface area contributed by atoms with Gasteiger partial charge in [-0.15, -0.1) is 0 Å². The molecule has 0 radical (unpaired) electrons. The smallest absolute Gasteiger partial charge is 0.339 e. The second-order valence-electron chi connectivity index (χ2n) is 6.37. The average Bonchev–Trinajstić information content (AvgIpc) is 3.17. The number of aryl methyl sites for hydroxylation is 1. The summed E-state index contributed by atoms with van der Waals surface area (Å²) in [5.74, 6) is 2.50. The van der Waals surface area contributed by atoms with Crippen LogP contribution in [0.2, 0.25) is 0 Å². The number of methoxy groups -OCH3 is 3. The van der Waals surface area contributed by atoms with Gasteiger partial charge in [-0.1, -0.05) is 0 Å². The number of anilines is 1. The molecule has 0 spiro atoms. The van der Waals surface area contributed by atoms with Gasteiger partial charge in [-0.25, -0.2) is 9.78 Å². The van der Waals surface area contributed by atoms with Gasteiger partial charge in [0.25, 0.3) is 0 Å².